The van der Waals surface area contributed by atoms with Crippen molar-refractivity contribution in [2.75, 3.05) is 11.9 Å². The summed E-state index contributed by atoms with van der Waals surface area (Å²) in [4.78, 5) is 10.7. The largest absolute Gasteiger partial charge is 0.313 e. The van der Waals surface area contributed by atoms with Gasteiger partial charge in [-0.25, -0.2) is 4.98 Å². The third-order valence-electron chi connectivity index (χ3n) is 2.80. The van der Waals surface area contributed by atoms with Crippen LogP contribution in [0.2, 0.25) is 0 Å². The molecule has 94 valence electrons. The molecular formula is C13H11N5S. The maximum atomic E-state index is 4.92. The Hall–Kier alpha value is -2.34. The smallest absolute Gasteiger partial charge is 0.234 e. The van der Waals surface area contributed by atoms with E-state index in [0.717, 1.165) is 11.3 Å². The number of nitrogens with zero attached hydrogens (tertiary/aromatic N) is 5. The van der Waals surface area contributed by atoms with E-state index in [1.807, 2.05) is 48.3 Å². The number of benzene rings is 1. The van der Waals surface area contributed by atoms with Crippen molar-refractivity contribution in [3.05, 3.63) is 48.4 Å². The van der Waals surface area contributed by atoms with Crippen molar-refractivity contribution in [3.63, 3.8) is 0 Å². The van der Waals surface area contributed by atoms with Gasteiger partial charge in [-0.1, -0.05) is 30.4 Å². The Morgan fingerprint density at radius 1 is 1.16 bits per heavy atom. The molecule has 0 saturated heterocycles. The maximum Gasteiger partial charge on any atom is 0.234 e. The normalized spacial score (nSPS) is 10.6. The molecular weight excluding hydrogens is 258 g/mol. The SMILES string of the molecule is CN(c1ccccc1)c1nc(C=S)nc2ccnn12. The third-order valence-corrected chi connectivity index (χ3v) is 3.02. The second-order valence-electron chi connectivity index (χ2n) is 4.00. The van der Waals surface area contributed by atoms with Gasteiger partial charge in [-0.3, -0.25) is 0 Å². The molecule has 3 rings (SSSR count). The van der Waals surface area contributed by atoms with E-state index in [1.165, 1.54) is 5.37 Å². The van der Waals surface area contributed by atoms with E-state index in [-0.39, 0.29) is 0 Å². The summed E-state index contributed by atoms with van der Waals surface area (Å²) in [5, 5.41) is 5.71. The topological polar surface area (TPSA) is 46.3 Å². The van der Waals surface area contributed by atoms with Crippen LogP contribution in [0.5, 0.6) is 0 Å². The van der Waals surface area contributed by atoms with Gasteiger partial charge in [-0.2, -0.15) is 14.6 Å². The Kier molecular flexibility index (Phi) is 2.92. The first-order valence-corrected chi connectivity index (χ1v) is 6.22. The van der Waals surface area contributed by atoms with Gasteiger partial charge in [0.2, 0.25) is 5.95 Å². The average Bonchev–Trinajstić information content (AvgIpc) is 2.94. The molecule has 0 unspecified atom stereocenters. The summed E-state index contributed by atoms with van der Waals surface area (Å²) >= 11 is 4.92. The number of thiocarbonyl (C=S) groups is 1. The van der Waals surface area contributed by atoms with Crippen molar-refractivity contribution < 1.29 is 0 Å². The van der Waals surface area contributed by atoms with Gasteiger partial charge in [0.25, 0.3) is 0 Å². The summed E-state index contributed by atoms with van der Waals surface area (Å²) in [5.74, 6) is 1.19. The Morgan fingerprint density at radius 2 is 1.95 bits per heavy atom. The van der Waals surface area contributed by atoms with E-state index in [0.29, 0.717) is 11.8 Å². The van der Waals surface area contributed by atoms with Crippen molar-refractivity contribution in [2.24, 2.45) is 0 Å². The first kappa shape index (κ1) is 11.7. The molecule has 1 aromatic carbocycles. The zero-order valence-corrected chi connectivity index (χ0v) is 11.1. The van der Waals surface area contributed by atoms with Gasteiger partial charge in [0.05, 0.1) is 6.20 Å². The van der Waals surface area contributed by atoms with Gasteiger partial charge in [0.1, 0.15) is 0 Å². The number of anilines is 2. The number of rotatable bonds is 3. The number of para-hydroxylation sites is 1. The molecule has 0 spiro atoms. The minimum Gasteiger partial charge on any atom is -0.313 e. The van der Waals surface area contributed by atoms with Crippen LogP contribution in [0.1, 0.15) is 5.82 Å². The zero-order chi connectivity index (χ0) is 13.2. The zero-order valence-electron chi connectivity index (χ0n) is 10.3. The molecule has 0 fully saturated rings. The lowest BCUT2D eigenvalue weighted by Crippen LogP contribution is -2.17. The third kappa shape index (κ3) is 2.06. The monoisotopic (exact) mass is 269 g/mol. The van der Waals surface area contributed by atoms with Crippen molar-refractivity contribution >= 4 is 34.9 Å². The van der Waals surface area contributed by atoms with Crippen molar-refractivity contribution in [2.45, 2.75) is 0 Å². The number of hydrogen-bond donors (Lipinski definition) is 0. The molecule has 19 heavy (non-hydrogen) atoms. The molecule has 0 saturated carbocycles. The Morgan fingerprint density at radius 3 is 2.68 bits per heavy atom. The lowest BCUT2D eigenvalue weighted by atomic mass is 10.3. The van der Waals surface area contributed by atoms with Crippen LogP contribution in [0.25, 0.3) is 5.65 Å². The molecule has 2 heterocycles. The predicted molar refractivity (Wildman–Crippen MR) is 78.0 cm³/mol. The number of fused-ring (bicyclic) bond motifs is 1. The van der Waals surface area contributed by atoms with Crippen LogP contribution in [0.15, 0.2) is 42.6 Å². The summed E-state index contributed by atoms with van der Waals surface area (Å²) in [6.07, 6.45) is 1.69. The molecule has 0 N–H and O–H groups in total. The first-order chi connectivity index (χ1) is 9.29. The van der Waals surface area contributed by atoms with Crippen LogP contribution in [0, 0.1) is 0 Å². The highest BCUT2D eigenvalue weighted by molar-refractivity contribution is 7.79. The van der Waals surface area contributed by atoms with Crippen LogP contribution in [-0.4, -0.2) is 32.0 Å². The first-order valence-electron chi connectivity index (χ1n) is 5.75. The molecule has 6 heteroatoms. The van der Waals surface area contributed by atoms with E-state index in [2.05, 4.69) is 15.1 Å². The highest BCUT2D eigenvalue weighted by Crippen LogP contribution is 2.21. The number of hydrogen-bond acceptors (Lipinski definition) is 5. The standard InChI is InChI=1S/C13H11N5S/c1-17(10-5-3-2-4-6-10)13-16-11(9-19)15-12-7-8-14-18(12)13/h2-9H,1H3. The van der Waals surface area contributed by atoms with Crippen LogP contribution >= 0.6 is 12.2 Å². The minimum absolute atomic E-state index is 0.515. The fourth-order valence-corrected chi connectivity index (χ4v) is 1.97. The Labute approximate surface area is 115 Å². The fourth-order valence-electron chi connectivity index (χ4n) is 1.86. The average molecular weight is 269 g/mol. The van der Waals surface area contributed by atoms with Crippen LogP contribution < -0.4 is 4.90 Å². The van der Waals surface area contributed by atoms with Crippen LogP contribution in [-0.2, 0) is 0 Å². The van der Waals surface area contributed by atoms with Gasteiger partial charge in [-0.05, 0) is 12.1 Å². The van der Waals surface area contributed by atoms with Crippen molar-refractivity contribution in [3.8, 4) is 0 Å². The summed E-state index contributed by atoms with van der Waals surface area (Å²) < 4.78 is 1.69. The van der Waals surface area contributed by atoms with E-state index in [4.69, 9.17) is 12.2 Å². The highest BCUT2D eigenvalue weighted by atomic mass is 32.1. The van der Waals surface area contributed by atoms with Gasteiger partial charge < -0.3 is 4.90 Å². The Bertz CT molecular complexity index is 722. The van der Waals surface area contributed by atoms with Gasteiger partial charge in [0.15, 0.2) is 11.5 Å². The quantitative estimate of drug-likeness (QED) is 0.682. The predicted octanol–water partition coefficient (Wildman–Crippen LogP) is 2.24. The molecule has 3 aromatic rings. The van der Waals surface area contributed by atoms with Crippen molar-refractivity contribution in [1.82, 2.24) is 19.6 Å². The molecule has 0 aliphatic carbocycles. The summed E-state index contributed by atoms with van der Waals surface area (Å²) in [6.45, 7) is 0. The summed E-state index contributed by atoms with van der Waals surface area (Å²) in [5.41, 5.74) is 1.75. The van der Waals surface area contributed by atoms with E-state index in [1.54, 1.807) is 10.7 Å². The molecule has 0 amide bonds. The molecule has 0 aliphatic heterocycles. The molecule has 0 atom stereocenters. The lowest BCUT2D eigenvalue weighted by molar-refractivity contribution is 0.862. The van der Waals surface area contributed by atoms with E-state index >= 15 is 0 Å². The van der Waals surface area contributed by atoms with E-state index < -0.39 is 0 Å². The van der Waals surface area contributed by atoms with Gasteiger partial charge in [0, 0.05) is 24.2 Å². The van der Waals surface area contributed by atoms with Crippen molar-refractivity contribution in [1.29, 1.82) is 0 Å². The summed E-state index contributed by atoms with van der Waals surface area (Å²) in [7, 11) is 1.94. The van der Waals surface area contributed by atoms with Gasteiger partial charge >= 0.3 is 0 Å². The molecule has 0 aliphatic rings. The summed E-state index contributed by atoms with van der Waals surface area (Å²) in [6, 6.07) is 11.8. The fraction of sp³-hybridized carbons (Fsp3) is 0.0769. The minimum atomic E-state index is 0.515. The molecule has 0 bridgehead atoms. The number of aromatic nitrogens is 4. The van der Waals surface area contributed by atoms with E-state index in [9.17, 15) is 0 Å². The van der Waals surface area contributed by atoms with Gasteiger partial charge in [-0.15, -0.1) is 0 Å². The molecule has 0 radical (unpaired) electrons. The Balaban J connectivity index is 2.18. The molecule has 5 nitrogen and oxygen atoms in total. The van der Waals surface area contributed by atoms with Crippen LogP contribution in [0.4, 0.5) is 11.6 Å². The maximum absolute atomic E-state index is 4.92. The van der Waals surface area contributed by atoms with Crippen LogP contribution in [0.3, 0.4) is 0 Å². The molecule has 2 aromatic heterocycles. The second kappa shape index (κ2) is 4.74. The second-order valence-corrected chi connectivity index (χ2v) is 4.23. The highest BCUT2D eigenvalue weighted by Gasteiger charge is 2.12. The lowest BCUT2D eigenvalue weighted by Gasteiger charge is -2.18.